The minimum atomic E-state index is -0.471. The first-order chi connectivity index (χ1) is 11.5. The highest BCUT2D eigenvalue weighted by atomic mass is 16.5. The van der Waals surface area contributed by atoms with E-state index in [0.717, 1.165) is 37.0 Å². The van der Waals surface area contributed by atoms with Crippen LogP contribution < -0.4 is 15.4 Å². The van der Waals surface area contributed by atoms with E-state index in [2.05, 4.69) is 10.6 Å². The van der Waals surface area contributed by atoms with Gasteiger partial charge >= 0.3 is 0 Å². The van der Waals surface area contributed by atoms with Gasteiger partial charge in [0.25, 0.3) is 0 Å². The maximum atomic E-state index is 12.9. The molecule has 0 spiro atoms. The quantitative estimate of drug-likeness (QED) is 0.806. The molecule has 0 radical (unpaired) electrons. The van der Waals surface area contributed by atoms with Crippen molar-refractivity contribution in [3.05, 3.63) is 29.8 Å². The zero-order valence-corrected chi connectivity index (χ0v) is 14.9. The van der Waals surface area contributed by atoms with Crippen LogP contribution in [0.5, 0.6) is 5.75 Å². The smallest absolute Gasteiger partial charge is 0.230 e. The number of benzene rings is 1. The van der Waals surface area contributed by atoms with Crippen LogP contribution in [0.15, 0.2) is 24.3 Å². The van der Waals surface area contributed by atoms with Crippen molar-refractivity contribution >= 4 is 11.8 Å². The fourth-order valence-corrected chi connectivity index (χ4v) is 3.39. The average molecular weight is 332 g/mol. The van der Waals surface area contributed by atoms with Crippen LogP contribution in [0.1, 0.15) is 51.5 Å². The highest BCUT2D eigenvalue weighted by Gasteiger charge is 2.42. The molecule has 24 heavy (non-hydrogen) atoms. The number of hydrogen-bond acceptors (Lipinski definition) is 3. The van der Waals surface area contributed by atoms with E-state index in [9.17, 15) is 9.59 Å². The van der Waals surface area contributed by atoms with Gasteiger partial charge in [-0.25, -0.2) is 0 Å². The lowest BCUT2D eigenvalue weighted by atomic mass is 9.78. The maximum absolute atomic E-state index is 12.9. The predicted molar refractivity (Wildman–Crippen MR) is 94.0 cm³/mol. The normalized spacial score (nSPS) is 16.0. The number of carbonyl (C=O) groups is 2. The second-order valence-corrected chi connectivity index (χ2v) is 6.75. The number of ether oxygens (including phenoxy) is 1. The second-order valence-electron chi connectivity index (χ2n) is 6.75. The van der Waals surface area contributed by atoms with Crippen LogP contribution >= 0.6 is 0 Å². The molecule has 1 aromatic rings. The van der Waals surface area contributed by atoms with Gasteiger partial charge in [0.1, 0.15) is 5.75 Å². The lowest BCUT2D eigenvalue weighted by Gasteiger charge is -2.28. The Hall–Kier alpha value is -2.04. The summed E-state index contributed by atoms with van der Waals surface area (Å²) in [6.45, 7) is 4.22. The molecule has 0 heterocycles. The molecule has 1 saturated carbocycles. The molecule has 1 aliphatic carbocycles. The largest absolute Gasteiger partial charge is 0.497 e. The molecule has 1 aromatic carbocycles. The first-order valence-electron chi connectivity index (χ1n) is 8.70. The minimum absolute atomic E-state index is 0.0301. The first-order valence-corrected chi connectivity index (χ1v) is 8.70. The van der Waals surface area contributed by atoms with Crippen LogP contribution in [-0.2, 0) is 15.0 Å². The Morgan fingerprint density at radius 2 is 1.79 bits per heavy atom. The van der Waals surface area contributed by atoms with Gasteiger partial charge in [-0.3, -0.25) is 9.59 Å². The van der Waals surface area contributed by atoms with E-state index >= 15 is 0 Å². The van der Waals surface area contributed by atoms with Gasteiger partial charge in [-0.15, -0.1) is 0 Å². The Bertz CT molecular complexity index is 560. The Kier molecular flexibility index (Phi) is 6.23. The topological polar surface area (TPSA) is 67.4 Å². The van der Waals surface area contributed by atoms with E-state index < -0.39 is 5.41 Å². The molecule has 2 rings (SSSR count). The van der Waals surface area contributed by atoms with Crippen molar-refractivity contribution in [2.45, 2.75) is 57.4 Å². The monoisotopic (exact) mass is 332 g/mol. The molecule has 2 N–H and O–H groups in total. The summed E-state index contributed by atoms with van der Waals surface area (Å²) in [5, 5.41) is 5.80. The third-order valence-electron chi connectivity index (χ3n) is 4.62. The first kappa shape index (κ1) is 18.3. The van der Waals surface area contributed by atoms with Crippen LogP contribution in [0.3, 0.4) is 0 Å². The molecule has 1 fully saturated rings. The summed E-state index contributed by atoms with van der Waals surface area (Å²) in [5.41, 5.74) is 0.561. The Morgan fingerprint density at radius 3 is 2.33 bits per heavy atom. The minimum Gasteiger partial charge on any atom is -0.497 e. The lowest BCUT2D eigenvalue weighted by molar-refractivity contribution is -0.127. The van der Waals surface area contributed by atoms with Crippen LogP contribution in [0, 0.1) is 0 Å². The van der Waals surface area contributed by atoms with E-state index in [4.69, 9.17) is 4.74 Å². The lowest BCUT2D eigenvalue weighted by Crippen LogP contribution is -2.44. The molecule has 0 aliphatic heterocycles. The summed E-state index contributed by atoms with van der Waals surface area (Å²) in [6.07, 6.45) is 4.11. The molecule has 132 valence electrons. The molecule has 0 atom stereocenters. The van der Waals surface area contributed by atoms with Gasteiger partial charge in [0.2, 0.25) is 11.8 Å². The second kappa shape index (κ2) is 8.18. The van der Waals surface area contributed by atoms with Crippen molar-refractivity contribution in [1.29, 1.82) is 0 Å². The number of carbonyl (C=O) groups excluding carboxylic acids is 2. The van der Waals surface area contributed by atoms with E-state index in [1.165, 1.54) is 0 Å². The standard InChI is InChI=1S/C19H28N2O3/c1-14(2)21-17(22)10-13-20-18(23)19(11-4-5-12-19)15-6-8-16(24-3)9-7-15/h6-9,14H,4-5,10-13H2,1-3H3,(H,20,23)(H,21,22). The maximum Gasteiger partial charge on any atom is 0.230 e. The number of amides is 2. The van der Waals surface area contributed by atoms with Crippen LogP contribution in [0.25, 0.3) is 0 Å². The molecule has 0 bridgehead atoms. The third kappa shape index (κ3) is 4.28. The molecule has 0 aromatic heterocycles. The number of hydrogen-bond donors (Lipinski definition) is 2. The molecule has 0 unspecified atom stereocenters. The summed E-state index contributed by atoms with van der Waals surface area (Å²) < 4.78 is 5.20. The average Bonchev–Trinajstić information content (AvgIpc) is 3.05. The molecular formula is C19H28N2O3. The molecule has 2 amide bonds. The molecular weight excluding hydrogens is 304 g/mol. The summed E-state index contributed by atoms with van der Waals surface area (Å²) in [4.78, 5) is 24.6. The van der Waals surface area contributed by atoms with E-state index in [0.29, 0.717) is 13.0 Å². The Morgan fingerprint density at radius 1 is 1.17 bits per heavy atom. The summed E-state index contributed by atoms with van der Waals surface area (Å²) in [7, 11) is 1.63. The van der Waals surface area contributed by atoms with Crippen LogP contribution in [-0.4, -0.2) is 31.5 Å². The van der Waals surface area contributed by atoms with E-state index in [-0.39, 0.29) is 17.9 Å². The summed E-state index contributed by atoms with van der Waals surface area (Å²) in [6, 6.07) is 7.88. The zero-order valence-electron chi connectivity index (χ0n) is 14.9. The summed E-state index contributed by atoms with van der Waals surface area (Å²) >= 11 is 0. The van der Waals surface area contributed by atoms with Gasteiger partial charge in [-0.2, -0.15) is 0 Å². The van der Waals surface area contributed by atoms with E-state index in [1.54, 1.807) is 7.11 Å². The van der Waals surface area contributed by atoms with Gasteiger partial charge in [-0.1, -0.05) is 25.0 Å². The van der Waals surface area contributed by atoms with Gasteiger partial charge < -0.3 is 15.4 Å². The van der Waals surface area contributed by atoms with Crippen molar-refractivity contribution in [3.63, 3.8) is 0 Å². The van der Waals surface area contributed by atoms with Crippen molar-refractivity contribution < 1.29 is 14.3 Å². The van der Waals surface area contributed by atoms with Crippen molar-refractivity contribution in [2.75, 3.05) is 13.7 Å². The molecule has 1 aliphatic rings. The Balaban J connectivity index is 2.01. The van der Waals surface area contributed by atoms with Crippen molar-refractivity contribution in [3.8, 4) is 5.75 Å². The SMILES string of the molecule is COc1ccc(C2(C(=O)NCCC(=O)NC(C)C)CCCC2)cc1. The van der Waals surface area contributed by atoms with Crippen LogP contribution in [0.4, 0.5) is 0 Å². The number of nitrogens with one attached hydrogen (secondary N) is 2. The van der Waals surface area contributed by atoms with Gasteiger partial charge in [0.15, 0.2) is 0 Å². The molecule has 5 heteroatoms. The summed E-state index contributed by atoms with van der Waals surface area (Å²) in [5.74, 6) is 0.787. The number of rotatable bonds is 7. The zero-order chi connectivity index (χ0) is 17.6. The van der Waals surface area contributed by atoms with Gasteiger partial charge in [0.05, 0.1) is 12.5 Å². The van der Waals surface area contributed by atoms with Crippen molar-refractivity contribution in [1.82, 2.24) is 10.6 Å². The molecule has 0 saturated heterocycles. The predicted octanol–water partition coefficient (Wildman–Crippen LogP) is 2.54. The van der Waals surface area contributed by atoms with Crippen LogP contribution in [0.2, 0.25) is 0 Å². The number of methoxy groups -OCH3 is 1. The van der Waals surface area contributed by atoms with Gasteiger partial charge in [-0.05, 0) is 44.4 Å². The highest BCUT2D eigenvalue weighted by Crippen LogP contribution is 2.41. The van der Waals surface area contributed by atoms with Crippen molar-refractivity contribution in [2.24, 2.45) is 0 Å². The Labute approximate surface area is 144 Å². The fraction of sp³-hybridized carbons (Fsp3) is 0.579. The third-order valence-corrected chi connectivity index (χ3v) is 4.62. The highest BCUT2D eigenvalue weighted by molar-refractivity contribution is 5.89. The fourth-order valence-electron chi connectivity index (χ4n) is 3.39. The van der Waals surface area contributed by atoms with Gasteiger partial charge in [0, 0.05) is 19.0 Å². The van der Waals surface area contributed by atoms with E-state index in [1.807, 2.05) is 38.1 Å². The molecule has 5 nitrogen and oxygen atoms in total.